The molecular weight excluding hydrogens is 582 g/mol. The molecule has 0 saturated heterocycles. The van der Waals surface area contributed by atoms with Crippen molar-refractivity contribution in [2.24, 2.45) is 5.92 Å². The smallest absolute Gasteiger partial charge is 0.264 e. The van der Waals surface area contributed by atoms with E-state index in [4.69, 9.17) is 4.74 Å². The lowest BCUT2D eigenvalue weighted by molar-refractivity contribution is -0.139. The van der Waals surface area contributed by atoms with E-state index < -0.39 is 28.5 Å². The standard InChI is InChI=1S/C29H34BrN3O5S/c1-21(2)18-31-29(35)22(3)32(19-23-10-12-24(30)13-11-23)28(34)20-33(25-8-6-5-7-9-25)39(36,37)27-16-14-26(38-4)15-17-27/h5-17,21-22H,18-20H2,1-4H3,(H,31,35)/t22-/m1/s1. The van der Waals surface area contributed by atoms with Crippen LogP contribution in [-0.2, 0) is 26.2 Å². The summed E-state index contributed by atoms with van der Waals surface area (Å²) in [5, 5.41) is 2.88. The maximum absolute atomic E-state index is 13.9. The fraction of sp³-hybridized carbons (Fsp3) is 0.310. The molecule has 208 valence electrons. The van der Waals surface area contributed by atoms with Gasteiger partial charge in [0.25, 0.3) is 10.0 Å². The molecule has 3 aromatic rings. The average Bonchev–Trinajstić information content (AvgIpc) is 2.94. The summed E-state index contributed by atoms with van der Waals surface area (Å²) in [4.78, 5) is 28.3. The quantitative estimate of drug-likeness (QED) is 0.314. The highest BCUT2D eigenvalue weighted by Gasteiger charge is 2.32. The number of sulfonamides is 1. The minimum atomic E-state index is -4.13. The minimum absolute atomic E-state index is 0.0159. The highest BCUT2D eigenvalue weighted by Crippen LogP contribution is 2.26. The molecule has 0 spiro atoms. The molecule has 0 bridgehead atoms. The van der Waals surface area contributed by atoms with Crippen LogP contribution in [0.3, 0.4) is 0 Å². The van der Waals surface area contributed by atoms with Gasteiger partial charge in [-0.25, -0.2) is 8.42 Å². The number of para-hydroxylation sites is 1. The number of carbonyl (C=O) groups excluding carboxylic acids is 2. The molecule has 0 saturated carbocycles. The fourth-order valence-corrected chi connectivity index (χ4v) is 5.50. The van der Waals surface area contributed by atoms with Crippen molar-refractivity contribution >= 4 is 43.5 Å². The number of benzene rings is 3. The third-order valence-electron chi connectivity index (χ3n) is 6.09. The average molecular weight is 617 g/mol. The van der Waals surface area contributed by atoms with Gasteiger partial charge in [0.15, 0.2) is 0 Å². The number of halogens is 1. The van der Waals surface area contributed by atoms with E-state index in [0.29, 0.717) is 18.0 Å². The minimum Gasteiger partial charge on any atom is -0.497 e. The van der Waals surface area contributed by atoms with Gasteiger partial charge in [0, 0.05) is 17.6 Å². The first-order valence-electron chi connectivity index (χ1n) is 12.6. The molecule has 0 unspecified atom stereocenters. The van der Waals surface area contributed by atoms with E-state index in [9.17, 15) is 18.0 Å². The number of nitrogens with one attached hydrogen (secondary N) is 1. The van der Waals surface area contributed by atoms with Crippen molar-refractivity contribution in [3.05, 3.63) is 88.9 Å². The highest BCUT2D eigenvalue weighted by atomic mass is 79.9. The molecule has 2 amide bonds. The number of nitrogens with zero attached hydrogens (tertiary/aromatic N) is 2. The predicted octanol–water partition coefficient (Wildman–Crippen LogP) is 4.84. The normalized spacial score (nSPS) is 12.1. The molecule has 8 nitrogen and oxygen atoms in total. The first kappa shape index (κ1) is 30.2. The van der Waals surface area contributed by atoms with Gasteiger partial charge in [-0.15, -0.1) is 0 Å². The second-order valence-corrected chi connectivity index (χ2v) is 12.3. The summed E-state index contributed by atoms with van der Waals surface area (Å²) in [5.41, 5.74) is 1.14. The number of hydrogen-bond donors (Lipinski definition) is 1. The van der Waals surface area contributed by atoms with Crippen LogP contribution in [0.1, 0.15) is 26.3 Å². The first-order valence-corrected chi connectivity index (χ1v) is 14.8. The molecule has 3 rings (SSSR count). The zero-order valence-electron chi connectivity index (χ0n) is 22.5. The molecule has 0 fully saturated rings. The lowest BCUT2D eigenvalue weighted by atomic mass is 10.1. The lowest BCUT2D eigenvalue weighted by Gasteiger charge is -2.32. The largest absolute Gasteiger partial charge is 0.497 e. The van der Waals surface area contributed by atoms with Crippen LogP contribution in [0, 0.1) is 5.92 Å². The number of methoxy groups -OCH3 is 1. The molecule has 3 aromatic carbocycles. The molecule has 0 aliphatic heterocycles. The highest BCUT2D eigenvalue weighted by molar-refractivity contribution is 9.10. The van der Waals surface area contributed by atoms with Crippen molar-refractivity contribution in [2.45, 2.75) is 38.3 Å². The van der Waals surface area contributed by atoms with Gasteiger partial charge in [0.05, 0.1) is 17.7 Å². The van der Waals surface area contributed by atoms with E-state index in [1.54, 1.807) is 49.4 Å². The van der Waals surface area contributed by atoms with Crippen molar-refractivity contribution in [1.82, 2.24) is 10.2 Å². The monoisotopic (exact) mass is 615 g/mol. The summed E-state index contributed by atoms with van der Waals surface area (Å²) in [6.07, 6.45) is 0. The first-order chi connectivity index (χ1) is 18.5. The van der Waals surface area contributed by atoms with E-state index >= 15 is 0 Å². The molecule has 0 aromatic heterocycles. The molecule has 0 aliphatic rings. The Morgan fingerprint density at radius 2 is 1.54 bits per heavy atom. The Morgan fingerprint density at radius 1 is 0.923 bits per heavy atom. The van der Waals surface area contributed by atoms with Gasteiger partial charge >= 0.3 is 0 Å². The molecule has 1 N–H and O–H groups in total. The van der Waals surface area contributed by atoms with Gasteiger partial charge in [-0.05, 0) is 66.9 Å². The maximum atomic E-state index is 13.9. The van der Waals surface area contributed by atoms with Crippen LogP contribution in [0.4, 0.5) is 5.69 Å². The number of anilines is 1. The lowest BCUT2D eigenvalue weighted by Crippen LogP contribution is -2.51. The number of hydrogen-bond acceptors (Lipinski definition) is 5. The van der Waals surface area contributed by atoms with Crippen LogP contribution >= 0.6 is 15.9 Å². The Kier molecular flexibility index (Phi) is 10.5. The van der Waals surface area contributed by atoms with E-state index in [-0.39, 0.29) is 23.3 Å². The van der Waals surface area contributed by atoms with Crippen molar-refractivity contribution in [3.63, 3.8) is 0 Å². The van der Waals surface area contributed by atoms with Crippen LogP contribution in [0.15, 0.2) is 88.2 Å². The summed E-state index contributed by atoms with van der Waals surface area (Å²) in [7, 11) is -2.63. The molecular formula is C29H34BrN3O5S. The molecule has 1 atom stereocenters. The SMILES string of the molecule is COc1ccc(S(=O)(=O)N(CC(=O)N(Cc2ccc(Br)cc2)[C@H](C)C(=O)NCC(C)C)c2ccccc2)cc1. The third-order valence-corrected chi connectivity index (χ3v) is 8.41. The van der Waals surface area contributed by atoms with Gasteiger partial charge in [0.1, 0.15) is 18.3 Å². The Morgan fingerprint density at radius 3 is 2.10 bits per heavy atom. The summed E-state index contributed by atoms with van der Waals surface area (Å²) in [5.74, 6) is -0.0670. The number of amides is 2. The van der Waals surface area contributed by atoms with E-state index in [2.05, 4.69) is 21.2 Å². The Balaban J connectivity index is 1.98. The van der Waals surface area contributed by atoms with E-state index in [0.717, 1.165) is 14.3 Å². The number of rotatable bonds is 12. The summed E-state index contributed by atoms with van der Waals surface area (Å²) in [6.45, 7) is 5.72. The molecule has 10 heteroatoms. The number of carbonyl (C=O) groups is 2. The predicted molar refractivity (Wildman–Crippen MR) is 156 cm³/mol. The second-order valence-electron chi connectivity index (χ2n) is 9.49. The van der Waals surface area contributed by atoms with Crippen LogP contribution in [0.25, 0.3) is 0 Å². The third kappa shape index (κ3) is 8.06. The summed E-state index contributed by atoms with van der Waals surface area (Å²) >= 11 is 3.41. The second kappa shape index (κ2) is 13.6. The topological polar surface area (TPSA) is 96.0 Å². The van der Waals surface area contributed by atoms with Crippen molar-refractivity contribution in [3.8, 4) is 5.75 Å². The van der Waals surface area contributed by atoms with Crippen molar-refractivity contribution in [1.29, 1.82) is 0 Å². The van der Waals surface area contributed by atoms with Crippen LogP contribution in [0.5, 0.6) is 5.75 Å². The van der Waals surface area contributed by atoms with Gasteiger partial charge < -0.3 is 15.0 Å². The summed E-state index contributed by atoms with van der Waals surface area (Å²) in [6, 6.07) is 21.0. The molecule has 0 radical (unpaired) electrons. The Bertz CT molecular complexity index is 1350. The maximum Gasteiger partial charge on any atom is 0.264 e. The Labute approximate surface area is 239 Å². The Hall–Kier alpha value is -3.37. The molecule has 0 aliphatic carbocycles. The zero-order chi connectivity index (χ0) is 28.6. The van der Waals surface area contributed by atoms with Gasteiger partial charge in [-0.2, -0.15) is 0 Å². The van der Waals surface area contributed by atoms with Gasteiger partial charge in [0.2, 0.25) is 11.8 Å². The molecule has 0 heterocycles. The summed E-state index contributed by atoms with van der Waals surface area (Å²) < 4.78 is 34.7. The fourth-order valence-electron chi connectivity index (χ4n) is 3.82. The van der Waals surface area contributed by atoms with Crippen LogP contribution < -0.4 is 14.4 Å². The van der Waals surface area contributed by atoms with E-state index in [1.165, 1.54) is 24.1 Å². The zero-order valence-corrected chi connectivity index (χ0v) is 24.9. The van der Waals surface area contributed by atoms with Crippen molar-refractivity contribution < 1.29 is 22.7 Å². The van der Waals surface area contributed by atoms with Gasteiger partial charge in [-0.1, -0.05) is 60.1 Å². The van der Waals surface area contributed by atoms with Crippen LogP contribution in [0.2, 0.25) is 0 Å². The van der Waals surface area contributed by atoms with Gasteiger partial charge in [-0.3, -0.25) is 13.9 Å². The van der Waals surface area contributed by atoms with E-state index in [1.807, 2.05) is 38.1 Å². The number of ether oxygens (including phenoxy) is 1. The van der Waals surface area contributed by atoms with Crippen molar-refractivity contribution in [2.75, 3.05) is 24.5 Å². The molecule has 39 heavy (non-hydrogen) atoms. The van der Waals surface area contributed by atoms with Crippen LogP contribution in [-0.4, -0.2) is 51.4 Å².